The maximum atomic E-state index is 5.46. The number of rotatable bonds is 10. The van der Waals surface area contributed by atoms with Crippen molar-refractivity contribution in [2.45, 2.75) is 39.3 Å². The SMILES string of the molecule is CCNC(=NCc1cc(C(C)C)no1)NCC(c1ccc(OC)c(OC)c1)N(C)C. The van der Waals surface area contributed by atoms with Crippen LogP contribution in [0.3, 0.4) is 0 Å². The first-order valence-electron chi connectivity index (χ1n) is 10.3. The molecular formula is C22H35N5O3. The summed E-state index contributed by atoms with van der Waals surface area (Å²) < 4.78 is 16.2. The Kier molecular flexibility index (Phi) is 8.98. The van der Waals surface area contributed by atoms with Crippen molar-refractivity contribution in [3.63, 3.8) is 0 Å². The van der Waals surface area contributed by atoms with E-state index in [0.717, 1.165) is 35.3 Å². The number of methoxy groups -OCH3 is 2. The molecule has 2 N–H and O–H groups in total. The Bertz CT molecular complexity index is 817. The minimum Gasteiger partial charge on any atom is -0.493 e. The molecule has 2 aromatic rings. The van der Waals surface area contributed by atoms with Crippen LogP contribution >= 0.6 is 0 Å². The lowest BCUT2D eigenvalue weighted by atomic mass is 10.1. The molecule has 1 aromatic heterocycles. The second kappa shape index (κ2) is 11.4. The molecule has 1 unspecified atom stereocenters. The number of likely N-dealkylation sites (N-methyl/N-ethyl adjacent to an activating group) is 1. The summed E-state index contributed by atoms with van der Waals surface area (Å²) in [4.78, 5) is 6.80. The van der Waals surface area contributed by atoms with Crippen LogP contribution in [0.5, 0.6) is 11.5 Å². The highest BCUT2D eigenvalue weighted by molar-refractivity contribution is 5.79. The third-order valence-corrected chi connectivity index (χ3v) is 4.78. The zero-order chi connectivity index (χ0) is 22.1. The average molecular weight is 418 g/mol. The number of hydrogen-bond acceptors (Lipinski definition) is 6. The first-order chi connectivity index (χ1) is 14.4. The van der Waals surface area contributed by atoms with E-state index in [4.69, 9.17) is 14.0 Å². The van der Waals surface area contributed by atoms with Crippen LogP contribution in [0, 0.1) is 0 Å². The van der Waals surface area contributed by atoms with Gasteiger partial charge in [0.1, 0.15) is 6.54 Å². The quantitative estimate of drug-likeness (QED) is 0.454. The van der Waals surface area contributed by atoms with Gasteiger partial charge in [-0.1, -0.05) is 25.1 Å². The number of guanidine groups is 1. The molecule has 8 heteroatoms. The van der Waals surface area contributed by atoms with E-state index in [1.165, 1.54) is 0 Å². The molecule has 30 heavy (non-hydrogen) atoms. The van der Waals surface area contributed by atoms with Crippen molar-refractivity contribution in [2.75, 3.05) is 41.4 Å². The number of ether oxygens (including phenoxy) is 2. The standard InChI is InChI=1S/C22H35N5O3/c1-8-23-22(24-13-17-12-18(15(2)3)26-30-17)25-14-19(27(4)5)16-9-10-20(28-6)21(11-16)29-7/h9-12,15,19H,8,13-14H2,1-7H3,(H2,23,24,25). The van der Waals surface area contributed by atoms with Crippen molar-refractivity contribution in [2.24, 2.45) is 4.99 Å². The van der Waals surface area contributed by atoms with Crippen LogP contribution in [0.4, 0.5) is 0 Å². The second-order valence-electron chi connectivity index (χ2n) is 7.54. The maximum Gasteiger partial charge on any atom is 0.191 e. The van der Waals surface area contributed by atoms with Crippen LogP contribution in [-0.2, 0) is 6.54 Å². The zero-order valence-electron chi connectivity index (χ0n) is 19.2. The zero-order valence-corrected chi connectivity index (χ0v) is 19.2. The number of aliphatic imine (C=N–C) groups is 1. The molecule has 0 aliphatic rings. The fraction of sp³-hybridized carbons (Fsp3) is 0.545. The average Bonchev–Trinajstić information content (AvgIpc) is 3.21. The molecule has 1 heterocycles. The van der Waals surface area contributed by atoms with Crippen LogP contribution in [0.2, 0.25) is 0 Å². The largest absolute Gasteiger partial charge is 0.493 e. The van der Waals surface area contributed by atoms with Crippen molar-refractivity contribution >= 4 is 5.96 Å². The number of hydrogen-bond donors (Lipinski definition) is 2. The summed E-state index contributed by atoms with van der Waals surface area (Å²) in [5, 5.41) is 10.8. The Morgan fingerprint density at radius 2 is 1.87 bits per heavy atom. The number of aromatic nitrogens is 1. The van der Waals surface area contributed by atoms with Crippen molar-refractivity contribution < 1.29 is 14.0 Å². The van der Waals surface area contributed by atoms with E-state index in [9.17, 15) is 0 Å². The van der Waals surface area contributed by atoms with Crippen LogP contribution in [-0.4, -0.2) is 57.4 Å². The van der Waals surface area contributed by atoms with Gasteiger partial charge in [-0.2, -0.15) is 0 Å². The summed E-state index contributed by atoms with van der Waals surface area (Å²) in [6.07, 6.45) is 0. The Morgan fingerprint density at radius 1 is 1.13 bits per heavy atom. The van der Waals surface area contributed by atoms with E-state index in [1.807, 2.05) is 25.1 Å². The van der Waals surface area contributed by atoms with Crippen molar-refractivity contribution in [3.8, 4) is 11.5 Å². The van der Waals surface area contributed by atoms with Crippen molar-refractivity contribution in [1.82, 2.24) is 20.7 Å². The minimum atomic E-state index is 0.117. The van der Waals surface area contributed by atoms with Gasteiger partial charge >= 0.3 is 0 Å². The lowest BCUT2D eigenvalue weighted by Crippen LogP contribution is -2.41. The van der Waals surface area contributed by atoms with Crippen LogP contribution in [0.15, 0.2) is 33.8 Å². The van der Waals surface area contributed by atoms with Gasteiger partial charge in [0.15, 0.2) is 23.2 Å². The monoisotopic (exact) mass is 417 g/mol. The Hall–Kier alpha value is -2.74. The predicted octanol–water partition coefficient (Wildman–Crippen LogP) is 3.17. The summed E-state index contributed by atoms with van der Waals surface area (Å²) in [5.41, 5.74) is 2.07. The van der Waals surface area contributed by atoms with Gasteiger partial charge in [-0.05, 0) is 44.6 Å². The molecule has 2 rings (SSSR count). The van der Waals surface area contributed by atoms with Gasteiger partial charge in [0.05, 0.1) is 26.0 Å². The van der Waals surface area contributed by atoms with E-state index >= 15 is 0 Å². The Labute approximate surface area is 179 Å². The van der Waals surface area contributed by atoms with Gasteiger partial charge in [0.25, 0.3) is 0 Å². The van der Waals surface area contributed by atoms with E-state index < -0.39 is 0 Å². The highest BCUT2D eigenvalue weighted by Gasteiger charge is 2.17. The fourth-order valence-corrected chi connectivity index (χ4v) is 3.03. The summed E-state index contributed by atoms with van der Waals surface area (Å²) in [7, 11) is 7.39. The molecular weight excluding hydrogens is 382 g/mol. The fourth-order valence-electron chi connectivity index (χ4n) is 3.03. The second-order valence-corrected chi connectivity index (χ2v) is 7.54. The summed E-state index contributed by atoms with van der Waals surface area (Å²) >= 11 is 0. The third-order valence-electron chi connectivity index (χ3n) is 4.78. The first kappa shape index (κ1) is 23.5. The molecule has 0 saturated carbocycles. The topological polar surface area (TPSA) is 84.2 Å². The normalized spacial score (nSPS) is 12.9. The van der Waals surface area contributed by atoms with Crippen LogP contribution in [0.25, 0.3) is 0 Å². The van der Waals surface area contributed by atoms with Gasteiger partial charge in [-0.15, -0.1) is 0 Å². The lowest BCUT2D eigenvalue weighted by molar-refractivity contribution is 0.295. The molecule has 1 atom stereocenters. The molecule has 8 nitrogen and oxygen atoms in total. The maximum absolute atomic E-state index is 5.46. The highest BCUT2D eigenvalue weighted by atomic mass is 16.5. The highest BCUT2D eigenvalue weighted by Crippen LogP contribution is 2.31. The summed E-state index contributed by atoms with van der Waals surface area (Å²) in [6.45, 7) is 8.08. The van der Waals surface area contributed by atoms with Gasteiger partial charge in [0.2, 0.25) is 0 Å². The molecule has 0 spiro atoms. The summed E-state index contributed by atoms with van der Waals surface area (Å²) in [5.74, 6) is 3.25. The van der Waals surface area contributed by atoms with E-state index in [-0.39, 0.29) is 6.04 Å². The van der Waals surface area contributed by atoms with E-state index in [2.05, 4.69) is 59.7 Å². The van der Waals surface area contributed by atoms with Crippen molar-refractivity contribution in [1.29, 1.82) is 0 Å². The molecule has 0 aliphatic heterocycles. The molecule has 0 radical (unpaired) electrons. The minimum absolute atomic E-state index is 0.117. The van der Waals surface area contributed by atoms with Gasteiger partial charge in [-0.3, -0.25) is 0 Å². The molecule has 0 amide bonds. The van der Waals surface area contributed by atoms with Crippen molar-refractivity contribution in [3.05, 3.63) is 41.3 Å². The Morgan fingerprint density at radius 3 is 2.43 bits per heavy atom. The third kappa shape index (κ3) is 6.38. The van der Waals surface area contributed by atoms with Crippen LogP contribution in [0.1, 0.15) is 49.7 Å². The number of nitrogens with one attached hydrogen (secondary N) is 2. The summed E-state index contributed by atoms with van der Waals surface area (Å²) in [6, 6.07) is 8.08. The number of benzene rings is 1. The van der Waals surface area contributed by atoms with Gasteiger partial charge in [0, 0.05) is 19.2 Å². The molecule has 0 aliphatic carbocycles. The van der Waals surface area contributed by atoms with Gasteiger partial charge < -0.3 is 29.5 Å². The van der Waals surface area contributed by atoms with Crippen LogP contribution < -0.4 is 20.1 Å². The molecule has 0 saturated heterocycles. The molecule has 0 fully saturated rings. The predicted molar refractivity (Wildman–Crippen MR) is 119 cm³/mol. The molecule has 1 aromatic carbocycles. The van der Waals surface area contributed by atoms with E-state index in [1.54, 1.807) is 14.2 Å². The Balaban J connectivity index is 2.11. The molecule has 166 valence electrons. The first-order valence-corrected chi connectivity index (χ1v) is 10.3. The van der Waals surface area contributed by atoms with E-state index in [0.29, 0.717) is 24.8 Å². The molecule has 0 bridgehead atoms. The number of nitrogens with zero attached hydrogens (tertiary/aromatic N) is 3. The smallest absolute Gasteiger partial charge is 0.191 e. The lowest BCUT2D eigenvalue weighted by Gasteiger charge is -2.26. The van der Waals surface area contributed by atoms with Gasteiger partial charge in [-0.25, -0.2) is 4.99 Å².